The monoisotopic (exact) mass is 548 g/mol. The second-order valence-electron chi connectivity index (χ2n) is 8.09. The molecule has 6 nitrogen and oxygen atoms in total. The molecule has 3 rings (SSSR count). The number of aromatic nitrogens is 1. The normalized spacial score (nSPS) is 12.0. The van der Waals surface area contributed by atoms with Crippen LogP contribution in [0.3, 0.4) is 0 Å². The second kappa shape index (κ2) is 15.5. The summed E-state index contributed by atoms with van der Waals surface area (Å²) in [5.41, 5.74) is 1.27. The van der Waals surface area contributed by atoms with Crippen molar-refractivity contribution in [3.8, 4) is 0 Å². The maximum Gasteiger partial charge on any atom is 0.243 e. The van der Waals surface area contributed by atoms with E-state index in [2.05, 4.69) is 22.4 Å². The standard InChI is InChI=1S/C24H32N4O2S.3ClH/c1-20(18-25-13-11-21-7-5-4-6-8-21)28(16-15-27(2)3)31(29,30)24-10-9-23-19-26-14-12-22(23)17-24;;;/h4-10,12,14,17,19-20,25H,11,13,15-16,18H2,1-3H3;3*1H/t20-;;;/m1.../s1. The van der Waals surface area contributed by atoms with E-state index in [1.807, 2.05) is 56.3 Å². The van der Waals surface area contributed by atoms with Gasteiger partial charge >= 0.3 is 0 Å². The molecule has 1 aromatic heterocycles. The topological polar surface area (TPSA) is 65.5 Å². The molecule has 0 fully saturated rings. The molecule has 0 saturated carbocycles. The third-order valence-corrected chi connectivity index (χ3v) is 7.36. The van der Waals surface area contributed by atoms with Gasteiger partial charge in [0.15, 0.2) is 0 Å². The van der Waals surface area contributed by atoms with E-state index in [1.54, 1.807) is 28.8 Å². The molecule has 0 amide bonds. The zero-order valence-corrected chi connectivity index (χ0v) is 23.0. The zero-order valence-electron chi connectivity index (χ0n) is 19.8. The average Bonchev–Trinajstić information content (AvgIpc) is 2.77. The molecule has 0 aliphatic rings. The highest BCUT2D eigenvalue weighted by Crippen LogP contribution is 2.22. The van der Waals surface area contributed by atoms with Crippen LogP contribution in [0, 0.1) is 0 Å². The van der Waals surface area contributed by atoms with E-state index < -0.39 is 10.0 Å². The Morgan fingerprint density at radius 3 is 2.32 bits per heavy atom. The highest BCUT2D eigenvalue weighted by Gasteiger charge is 2.29. The van der Waals surface area contributed by atoms with Crippen LogP contribution in [0.15, 0.2) is 71.9 Å². The number of hydrogen-bond acceptors (Lipinski definition) is 5. The minimum atomic E-state index is -3.63. The number of benzene rings is 2. The third-order valence-electron chi connectivity index (χ3n) is 5.35. The van der Waals surface area contributed by atoms with Gasteiger partial charge in [-0.25, -0.2) is 8.42 Å². The van der Waals surface area contributed by atoms with Crippen LogP contribution in [0.1, 0.15) is 12.5 Å². The van der Waals surface area contributed by atoms with Gasteiger partial charge in [0.2, 0.25) is 10.0 Å². The van der Waals surface area contributed by atoms with Gasteiger partial charge in [-0.3, -0.25) is 4.98 Å². The predicted octanol–water partition coefficient (Wildman–Crippen LogP) is 4.27. The van der Waals surface area contributed by atoms with Crippen LogP contribution in [-0.4, -0.2) is 68.9 Å². The minimum absolute atomic E-state index is 0. The van der Waals surface area contributed by atoms with Gasteiger partial charge in [-0.15, -0.1) is 37.2 Å². The van der Waals surface area contributed by atoms with Gasteiger partial charge in [0.05, 0.1) is 4.90 Å². The molecule has 1 atom stereocenters. The van der Waals surface area contributed by atoms with Crippen molar-refractivity contribution in [2.75, 3.05) is 40.3 Å². The van der Waals surface area contributed by atoms with E-state index in [9.17, 15) is 8.42 Å². The van der Waals surface area contributed by atoms with E-state index in [4.69, 9.17) is 0 Å². The Morgan fingerprint density at radius 2 is 1.65 bits per heavy atom. The SMILES string of the molecule is C[C@H](CNCCc1ccccc1)N(CCN(C)C)S(=O)(=O)c1ccc2cnccc2c1.Cl.Cl.Cl. The molecule has 0 aliphatic carbocycles. The first kappa shape index (κ1) is 32.5. The molecule has 1 heterocycles. The summed E-state index contributed by atoms with van der Waals surface area (Å²) >= 11 is 0. The Bertz CT molecular complexity index is 1090. The van der Waals surface area contributed by atoms with Crippen LogP contribution in [0.5, 0.6) is 0 Å². The van der Waals surface area contributed by atoms with Crippen LogP contribution in [-0.2, 0) is 16.4 Å². The fourth-order valence-electron chi connectivity index (χ4n) is 3.52. The lowest BCUT2D eigenvalue weighted by Crippen LogP contribution is -2.46. The fraction of sp³-hybridized carbons (Fsp3) is 0.375. The van der Waals surface area contributed by atoms with Crippen LogP contribution in [0.25, 0.3) is 10.8 Å². The van der Waals surface area contributed by atoms with Crippen LogP contribution in [0.4, 0.5) is 0 Å². The molecule has 2 aromatic carbocycles. The van der Waals surface area contributed by atoms with Crippen molar-refractivity contribution in [1.82, 2.24) is 19.5 Å². The Labute approximate surface area is 222 Å². The molecule has 0 radical (unpaired) electrons. The van der Waals surface area contributed by atoms with E-state index in [-0.39, 0.29) is 43.3 Å². The maximum absolute atomic E-state index is 13.5. The van der Waals surface area contributed by atoms with E-state index in [0.29, 0.717) is 24.5 Å². The molecule has 190 valence electrons. The summed E-state index contributed by atoms with van der Waals surface area (Å²) in [6.07, 6.45) is 4.34. The van der Waals surface area contributed by atoms with Crippen molar-refractivity contribution >= 4 is 58.0 Å². The minimum Gasteiger partial charge on any atom is -0.315 e. The fourth-order valence-corrected chi connectivity index (χ4v) is 5.18. The van der Waals surface area contributed by atoms with E-state index in [1.165, 1.54) is 5.56 Å². The first-order valence-electron chi connectivity index (χ1n) is 10.6. The lowest BCUT2D eigenvalue weighted by molar-refractivity contribution is 0.285. The second-order valence-corrected chi connectivity index (χ2v) is 9.98. The summed E-state index contributed by atoms with van der Waals surface area (Å²) in [6, 6.07) is 17.2. The average molecular weight is 550 g/mol. The summed E-state index contributed by atoms with van der Waals surface area (Å²) < 4.78 is 28.7. The number of halogens is 3. The van der Waals surface area contributed by atoms with E-state index >= 15 is 0 Å². The number of nitrogens with one attached hydrogen (secondary N) is 1. The first-order chi connectivity index (χ1) is 14.9. The summed E-state index contributed by atoms with van der Waals surface area (Å²) in [5.74, 6) is 0. The zero-order chi connectivity index (χ0) is 22.3. The van der Waals surface area contributed by atoms with Crippen molar-refractivity contribution in [2.45, 2.75) is 24.3 Å². The summed E-state index contributed by atoms with van der Waals surface area (Å²) in [6.45, 7) is 4.46. The Balaban J connectivity index is 0.00000363. The number of pyridine rings is 1. The summed E-state index contributed by atoms with van der Waals surface area (Å²) in [7, 11) is 0.279. The van der Waals surface area contributed by atoms with Gasteiger partial charge in [0, 0.05) is 43.5 Å². The van der Waals surface area contributed by atoms with Gasteiger partial charge in [-0.1, -0.05) is 36.4 Å². The Kier molecular flexibility index (Phi) is 14.9. The Hall–Kier alpha value is -1.45. The molecule has 0 bridgehead atoms. The van der Waals surface area contributed by atoms with Crippen molar-refractivity contribution in [3.05, 3.63) is 72.6 Å². The van der Waals surface area contributed by atoms with Gasteiger partial charge in [-0.2, -0.15) is 4.31 Å². The first-order valence-corrected chi connectivity index (χ1v) is 12.1. The smallest absolute Gasteiger partial charge is 0.243 e. The highest BCUT2D eigenvalue weighted by atomic mass is 35.5. The lowest BCUT2D eigenvalue weighted by atomic mass is 10.1. The quantitative estimate of drug-likeness (QED) is 0.362. The Morgan fingerprint density at radius 1 is 0.941 bits per heavy atom. The molecule has 10 heteroatoms. The van der Waals surface area contributed by atoms with Crippen molar-refractivity contribution in [3.63, 3.8) is 0 Å². The number of nitrogens with zero attached hydrogens (tertiary/aromatic N) is 3. The molecular formula is C24H35Cl3N4O2S. The van der Waals surface area contributed by atoms with Gasteiger partial charge in [-0.05, 0) is 63.1 Å². The van der Waals surface area contributed by atoms with E-state index in [0.717, 1.165) is 23.7 Å². The van der Waals surface area contributed by atoms with Crippen LogP contribution >= 0.6 is 37.2 Å². The lowest BCUT2D eigenvalue weighted by Gasteiger charge is -2.30. The van der Waals surface area contributed by atoms with Gasteiger partial charge in [0.1, 0.15) is 0 Å². The van der Waals surface area contributed by atoms with Gasteiger partial charge in [0.25, 0.3) is 0 Å². The molecular weight excluding hydrogens is 515 g/mol. The number of fused-ring (bicyclic) bond motifs is 1. The highest BCUT2D eigenvalue weighted by molar-refractivity contribution is 7.89. The predicted molar refractivity (Wildman–Crippen MR) is 148 cm³/mol. The summed E-state index contributed by atoms with van der Waals surface area (Å²) in [4.78, 5) is 6.43. The van der Waals surface area contributed by atoms with Gasteiger partial charge < -0.3 is 10.2 Å². The molecule has 0 spiro atoms. The molecule has 0 aliphatic heterocycles. The molecule has 34 heavy (non-hydrogen) atoms. The maximum atomic E-state index is 13.5. The summed E-state index contributed by atoms with van der Waals surface area (Å²) in [5, 5.41) is 5.23. The molecule has 0 unspecified atom stereocenters. The van der Waals surface area contributed by atoms with Crippen LogP contribution < -0.4 is 5.32 Å². The number of sulfonamides is 1. The number of hydrogen-bond donors (Lipinski definition) is 1. The van der Waals surface area contributed by atoms with Crippen molar-refractivity contribution in [2.24, 2.45) is 0 Å². The number of rotatable bonds is 11. The number of likely N-dealkylation sites (N-methyl/N-ethyl adjacent to an activating group) is 1. The molecule has 1 N–H and O–H groups in total. The van der Waals surface area contributed by atoms with Crippen molar-refractivity contribution < 1.29 is 8.42 Å². The molecule has 3 aromatic rings. The van der Waals surface area contributed by atoms with Crippen molar-refractivity contribution in [1.29, 1.82) is 0 Å². The largest absolute Gasteiger partial charge is 0.315 e. The van der Waals surface area contributed by atoms with Crippen LogP contribution in [0.2, 0.25) is 0 Å². The molecule has 0 saturated heterocycles. The third kappa shape index (κ3) is 8.96.